The fourth-order valence-electron chi connectivity index (χ4n) is 2.06. The Hall–Kier alpha value is -2.24. The van der Waals surface area contributed by atoms with Crippen molar-refractivity contribution in [1.29, 1.82) is 0 Å². The Morgan fingerprint density at radius 2 is 1.70 bits per heavy atom. The first-order valence-electron chi connectivity index (χ1n) is 7.60. The number of aliphatic carboxylic acids is 1. The van der Waals surface area contributed by atoms with Crippen molar-refractivity contribution in [1.82, 2.24) is 5.32 Å². The molecule has 128 valence electrons. The number of carbonyl (C=O) groups is 2. The van der Waals surface area contributed by atoms with E-state index in [-0.39, 0.29) is 11.8 Å². The maximum absolute atomic E-state index is 12.4. The van der Waals surface area contributed by atoms with Gasteiger partial charge in [0.15, 0.2) is 6.10 Å². The average Bonchev–Trinajstić information content (AvgIpc) is 2.49. The Kier molecular flexibility index (Phi) is 6.88. The summed E-state index contributed by atoms with van der Waals surface area (Å²) >= 11 is 0. The average molecular weight is 323 g/mol. The van der Waals surface area contributed by atoms with E-state index in [9.17, 15) is 14.7 Å². The first-order chi connectivity index (χ1) is 10.8. The van der Waals surface area contributed by atoms with Gasteiger partial charge in [0.25, 0.3) is 5.91 Å². The van der Waals surface area contributed by atoms with Crippen LogP contribution < -0.4 is 14.8 Å². The molecule has 0 fully saturated rings. The highest BCUT2D eigenvalue weighted by molar-refractivity contribution is 5.86. The van der Waals surface area contributed by atoms with Crippen LogP contribution in [-0.2, 0) is 9.59 Å². The summed E-state index contributed by atoms with van der Waals surface area (Å²) in [6, 6.07) is 5.99. The summed E-state index contributed by atoms with van der Waals surface area (Å²) < 4.78 is 10.9. The summed E-state index contributed by atoms with van der Waals surface area (Å²) in [7, 11) is 1.55. The van der Waals surface area contributed by atoms with Gasteiger partial charge in [-0.1, -0.05) is 33.8 Å². The van der Waals surface area contributed by atoms with Crippen LogP contribution >= 0.6 is 0 Å². The van der Waals surface area contributed by atoms with E-state index in [1.165, 1.54) is 0 Å². The van der Waals surface area contributed by atoms with Gasteiger partial charge in [0, 0.05) is 6.07 Å². The van der Waals surface area contributed by atoms with Crippen LogP contribution in [0, 0.1) is 11.8 Å². The van der Waals surface area contributed by atoms with E-state index in [1.54, 1.807) is 45.2 Å². The molecule has 0 saturated heterocycles. The minimum absolute atomic E-state index is 0.122. The molecular weight excluding hydrogens is 298 g/mol. The van der Waals surface area contributed by atoms with Crippen LogP contribution in [-0.4, -0.2) is 36.2 Å². The first kappa shape index (κ1) is 18.8. The summed E-state index contributed by atoms with van der Waals surface area (Å²) in [4.78, 5) is 23.7. The number of carboxylic acids is 1. The molecule has 0 aliphatic heterocycles. The van der Waals surface area contributed by atoms with Gasteiger partial charge in [0.2, 0.25) is 0 Å². The van der Waals surface area contributed by atoms with Crippen molar-refractivity contribution in [3.8, 4) is 11.5 Å². The molecule has 2 atom stereocenters. The fraction of sp³-hybridized carbons (Fsp3) is 0.529. The summed E-state index contributed by atoms with van der Waals surface area (Å²) in [5.74, 6) is -0.726. The van der Waals surface area contributed by atoms with E-state index < -0.39 is 24.0 Å². The molecule has 0 bridgehead atoms. The molecule has 0 spiro atoms. The van der Waals surface area contributed by atoms with E-state index in [0.29, 0.717) is 11.5 Å². The number of carbonyl (C=O) groups excluding carboxylic acids is 1. The molecule has 0 heterocycles. The maximum atomic E-state index is 12.4. The monoisotopic (exact) mass is 323 g/mol. The predicted molar refractivity (Wildman–Crippen MR) is 86.7 cm³/mol. The fourth-order valence-corrected chi connectivity index (χ4v) is 2.06. The van der Waals surface area contributed by atoms with Crippen molar-refractivity contribution in [3.05, 3.63) is 24.3 Å². The zero-order valence-corrected chi connectivity index (χ0v) is 14.2. The van der Waals surface area contributed by atoms with E-state index in [1.807, 2.05) is 13.8 Å². The number of ether oxygens (including phenoxy) is 2. The van der Waals surface area contributed by atoms with Crippen LogP contribution in [0.1, 0.15) is 27.7 Å². The Bertz CT molecular complexity index is 542. The number of amides is 1. The molecule has 1 aromatic rings. The van der Waals surface area contributed by atoms with Gasteiger partial charge in [0.1, 0.15) is 17.5 Å². The Morgan fingerprint density at radius 3 is 2.17 bits per heavy atom. The topological polar surface area (TPSA) is 84.9 Å². The first-order valence-corrected chi connectivity index (χ1v) is 7.60. The Balaban J connectivity index is 2.88. The molecule has 0 aliphatic carbocycles. The van der Waals surface area contributed by atoms with E-state index in [4.69, 9.17) is 9.47 Å². The number of benzene rings is 1. The zero-order valence-electron chi connectivity index (χ0n) is 14.2. The third-order valence-corrected chi connectivity index (χ3v) is 3.40. The van der Waals surface area contributed by atoms with Crippen molar-refractivity contribution in [2.45, 2.75) is 39.8 Å². The lowest BCUT2D eigenvalue weighted by Gasteiger charge is -2.25. The van der Waals surface area contributed by atoms with Crippen LogP contribution in [0.15, 0.2) is 24.3 Å². The second kappa shape index (κ2) is 8.41. The van der Waals surface area contributed by atoms with Gasteiger partial charge in [-0.15, -0.1) is 0 Å². The summed E-state index contributed by atoms with van der Waals surface area (Å²) in [6.45, 7) is 7.17. The largest absolute Gasteiger partial charge is 0.497 e. The molecule has 1 amide bonds. The third kappa shape index (κ3) is 5.47. The normalized spacial score (nSPS) is 13.5. The smallest absolute Gasteiger partial charge is 0.326 e. The van der Waals surface area contributed by atoms with E-state index in [2.05, 4.69) is 5.32 Å². The van der Waals surface area contributed by atoms with Gasteiger partial charge in [-0.05, 0) is 24.0 Å². The number of hydrogen-bond donors (Lipinski definition) is 2. The molecule has 6 heteroatoms. The molecule has 2 N–H and O–H groups in total. The highest BCUT2D eigenvalue weighted by atomic mass is 16.5. The predicted octanol–water partition coefficient (Wildman–Crippen LogP) is 2.32. The van der Waals surface area contributed by atoms with Gasteiger partial charge in [0.05, 0.1) is 7.11 Å². The number of carboxylic acid groups (broad SMARTS) is 1. The zero-order chi connectivity index (χ0) is 17.6. The van der Waals surface area contributed by atoms with Gasteiger partial charge < -0.3 is 19.9 Å². The lowest BCUT2D eigenvalue weighted by atomic mass is 10.0. The highest BCUT2D eigenvalue weighted by Gasteiger charge is 2.30. The van der Waals surface area contributed by atoms with Gasteiger partial charge in [-0.3, -0.25) is 4.79 Å². The molecule has 0 saturated carbocycles. The standard InChI is InChI=1S/C17H25NO5/c1-10(2)14(17(20)21)18-16(19)15(11(3)4)23-13-8-6-7-12(9-13)22-5/h6-11,14-15H,1-5H3,(H,18,19)(H,20,21). The minimum atomic E-state index is -1.06. The maximum Gasteiger partial charge on any atom is 0.326 e. The SMILES string of the molecule is COc1cccc(OC(C(=O)NC(C(=O)O)C(C)C)C(C)C)c1. The molecule has 0 aromatic heterocycles. The van der Waals surface area contributed by atoms with Crippen molar-refractivity contribution in [2.75, 3.05) is 7.11 Å². The Morgan fingerprint density at radius 1 is 1.09 bits per heavy atom. The molecule has 6 nitrogen and oxygen atoms in total. The van der Waals surface area contributed by atoms with Crippen molar-refractivity contribution in [2.24, 2.45) is 11.8 Å². The number of methoxy groups -OCH3 is 1. The highest BCUT2D eigenvalue weighted by Crippen LogP contribution is 2.22. The molecular formula is C17H25NO5. The molecule has 0 aliphatic rings. The van der Waals surface area contributed by atoms with Crippen LogP contribution in [0.5, 0.6) is 11.5 Å². The van der Waals surface area contributed by atoms with Gasteiger partial charge in [-0.2, -0.15) is 0 Å². The third-order valence-electron chi connectivity index (χ3n) is 3.40. The lowest BCUT2D eigenvalue weighted by Crippen LogP contribution is -2.51. The van der Waals surface area contributed by atoms with Crippen LogP contribution in [0.4, 0.5) is 0 Å². The van der Waals surface area contributed by atoms with Crippen LogP contribution in [0.2, 0.25) is 0 Å². The van der Waals surface area contributed by atoms with E-state index >= 15 is 0 Å². The summed E-state index contributed by atoms with van der Waals surface area (Å²) in [5.41, 5.74) is 0. The second-order valence-corrected chi connectivity index (χ2v) is 6.03. The number of nitrogens with one attached hydrogen (secondary N) is 1. The van der Waals surface area contributed by atoms with Crippen molar-refractivity contribution in [3.63, 3.8) is 0 Å². The molecule has 1 rings (SSSR count). The Labute approximate surface area is 136 Å². The molecule has 2 unspecified atom stereocenters. The van der Waals surface area contributed by atoms with E-state index in [0.717, 1.165) is 0 Å². The summed E-state index contributed by atoms with van der Waals surface area (Å²) in [5, 5.41) is 11.8. The summed E-state index contributed by atoms with van der Waals surface area (Å²) in [6.07, 6.45) is -0.789. The quantitative estimate of drug-likeness (QED) is 0.767. The van der Waals surface area contributed by atoms with Crippen molar-refractivity contribution >= 4 is 11.9 Å². The van der Waals surface area contributed by atoms with Crippen LogP contribution in [0.25, 0.3) is 0 Å². The van der Waals surface area contributed by atoms with Crippen molar-refractivity contribution < 1.29 is 24.2 Å². The minimum Gasteiger partial charge on any atom is -0.497 e. The van der Waals surface area contributed by atoms with Gasteiger partial charge >= 0.3 is 5.97 Å². The number of hydrogen-bond acceptors (Lipinski definition) is 4. The molecule has 0 radical (unpaired) electrons. The lowest BCUT2D eigenvalue weighted by molar-refractivity contribution is -0.144. The number of rotatable bonds is 8. The molecule has 23 heavy (non-hydrogen) atoms. The van der Waals surface area contributed by atoms with Gasteiger partial charge in [-0.25, -0.2) is 4.79 Å². The second-order valence-electron chi connectivity index (χ2n) is 6.03. The van der Waals surface area contributed by atoms with Crippen LogP contribution in [0.3, 0.4) is 0 Å². The molecule has 1 aromatic carbocycles.